The van der Waals surface area contributed by atoms with Gasteiger partial charge >= 0.3 is 0 Å². The van der Waals surface area contributed by atoms with E-state index in [1.165, 1.54) is 9.21 Å². The van der Waals surface area contributed by atoms with Gasteiger partial charge < -0.3 is 10.2 Å². The lowest BCUT2D eigenvalue weighted by Gasteiger charge is -2.30. The minimum atomic E-state index is -3.61. The van der Waals surface area contributed by atoms with Gasteiger partial charge in [-0.25, -0.2) is 8.42 Å². The monoisotopic (exact) mass is 555 g/mol. The highest BCUT2D eigenvalue weighted by Gasteiger charge is 2.28. The molecule has 0 aliphatic heterocycles. The minimum absolute atomic E-state index is 0.0264. The van der Waals surface area contributed by atoms with Gasteiger partial charge in [0.25, 0.3) is 0 Å². The number of nitrogens with zero attached hydrogens (tertiary/aromatic N) is 2. The van der Waals surface area contributed by atoms with E-state index in [-0.39, 0.29) is 43.8 Å². The number of nitrogens with one attached hydrogen (secondary N) is 1. The summed E-state index contributed by atoms with van der Waals surface area (Å²) in [5.41, 5.74) is 1.96. The van der Waals surface area contributed by atoms with Gasteiger partial charge in [0.1, 0.15) is 6.04 Å². The number of anilines is 1. The molecular formula is C26H35Cl2N3O4S. The number of aryl methyl sites for hydroxylation is 1. The van der Waals surface area contributed by atoms with Gasteiger partial charge in [-0.1, -0.05) is 54.4 Å². The lowest BCUT2D eigenvalue weighted by Crippen LogP contribution is -2.49. The standard InChI is InChI=1S/C26H35Cl2N3O4S/c1-6-19(3)29-26(33)20(4)30(17-21-10-7-8-11-23(21)28)25(32)12-9-15-31(36(5,34)35)24-16-22(27)14-13-18(24)2/h7-8,10-11,13-14,16,19-20H,6,9,12,15,17H2,1-5H3,(H,29,33)/t19-,20-/m0/s1. The van der Waals surface area contributed by atoms with Crippen LogP contribution in [0, 0.1) is 6.92 Å². The molecule has 0 unspecified atom stereocenters. The number of halogens is 2. The fraction of sp³-hybridized carbons (Fsp3) is 0.462. The number of benzene rings is 2. The first-order chi connectivity index (χ1) is 16.8. The molecule has 2 aromatic carbocycles. The summed E-state index contributed by atoms with van der Waals surface area (Å²) in [4.78, 5) is 27.7. The molecule has 0 fully saturated rings. The lowest BCUT2D eigenvalue weighted by atomic mass is 10.1. The van der Waals surface area contributed by atoms with Crippen LogP contribution in [-0.2, 0) is 26.2 Å². The van der Waals surface area contributed by atoms with Crippen LogP contribution in [0.25, 0.3) is 0 Å². The summed E-state index contributed by atoms with van der Waals surface area (Å²) in [5, 5.41) is 3.85. The molecule has 0 spiro atoms. The molecule has 2 atom stereocenters. The van der Waals surface area contributed by atoms with Crippen LogP contribution < -0.4 is 9.62 Å². The molecule has 198 valence electrons. The molecule has 0 bridgehead atoms. The molecule has 0 aliphatic rings. The smallest absolute Gasteiger partial charge is 0.242 e. The molecule has 0 saturated heterocycles. The Labute approximate surface area is 224 Å². The summed E-state index contributed by atoms with van der Waals surface area (Å²) in [7, 11) is -3.61. The number of hydrogen-bond donors (Lipinski definition) is 1. The average Bonchev–Trinajstić information content (AvgIpc) is 2.81. The predicted octanol–water partition coefficient (Wildman–Crippen LogP) is 5.18. The Morgan fingerprint density at radius 1 is 1.08 bits per heavy atom. The third-order valence-electron chi connectivity index (χ3n) is 6.06. The van der Waals surface area contributed by atoms with Crippen molar-refractivity contribution in [3.05, 3.63) is 63.6 Å². The Kier molecular flexibility index (Phi) is 11.1. The fourth-order valence-corrected chi connectivity index (χ4v) is 5.07. The first-order valence-electron chi connectivity index (χ1n) is 11.9. The van der Waals surface area contributed by atoms with Crippen LogP contribution in [0.1, 0.15) is 51.2 Å². The van der Waals surface area contributed by atoms with Crippen LogP contribution >= 0.6 is 23.2 Å². The van der Waals surface area contributed by atoms with Gasteiger partial charge in [-0.2, -0.15) is 0 Å². The van der Waals surface area contributed by atoms with E-state index in [0.29, 0.717) is 15.7 Å². The summed E-state index contributed by atoms with van der Waals surface area (Å²) in [5.74, 6) is -0.518. The van der Waals surface area contributed by atoms with E-state index in [2.05, 4.69) is 5.32 Å². The van der Waals surface area contributed by atoms with Gasteiger partial charge in [-0.05, 0) is 62.9 Å². The highest BCUT2D eigenvalue weighted by atomic mass is 35.5. The number of amides is 2. The van der Waals surface area contributed by atoms with E-state index in [1.807, 2.05) is 26.0 Å². The average molecular weight is 557 g/mol. The molecule has 2 aromatic rings. The maximum Gasteiger partial charge on any atom is 0.242 e. The molecule has 0 aliphatic carbocycles. The van der Waals surface area contributed by atoms with Crippen LogP contribution in [-0.4, -0.2) is 50.0 Å². The van der Waals surface area contributed by atoms with Crippen molar-refractivity contribution in [2.75, 3.05) is 17.1 Å². The van der Waals surface area contributed by atoms with Crippen molar-refractivity contribution in [3.63, 3.8) is 0 Å². The maximum atomic E-state index is 13.4. The number of rotatable bonds is 12. The number of carbonyl (C=O) groups excluding carboxylic acids is 2. The van der Waals surface area contributed by atoms with E-state index in [4.69, 9.17) is 23.2 Å². The topological polar surface area (TPSA) is 86.8 Å². The predicted molar refractivity (Wildman–Crippen MR) is 147 cm³/mol. The number of carbonyl (C=O) groups is 2. The van der Waals surface area contributed by atoms with Crippen LogP contribution in [0.3, 0.4) is 0 Å². The fourth-order valence-electron chi connectivity index (χ4n) is 3.69. The molecule has 2 amide bonds. The molecule has 10 heteroatoms. The summed E-state index contributed by atoms with van der Waals surface area (Å²) in [6.07, 6.45) is 2.20. The summed E-state index contributed by atoms with van der Waals surface area (Å²) >= 11 is 12.4. The summed E-state index contributed by atoms with van der Waals surface area (Å²) in [6.45, 7) is 7.62. The van der Waals surface area contributed by atoms with Crippen molar-refractivity contribution in [1.29, 1.82) is 0 Å². The quantitative estimate of drug-likeness (QED) is 0.391. The van der Waals surface area contributed by atoms with Crippen molar-refractivity contribution >= 4 is 50.7 Å². The zero-order valence-electron chi connectivity index (χ0n) is 21.4. The van der Waals surface area contributed by atoms with Gasteiger partial charge in [0.2, 0.25) is 21.8 Å². The van der Waals surface area contributed by atoms with Gasteiger partial charge in [-0.3, -0.25) is 13.9 Å². The molecular weight excluding hydrogens is 521 g/mol. The molecule has 0 saturated carbocycles. The zero-order valence-corrected chi connectivity index (χ0v) is 23.8. The van der Waals surface area contributed by atoms with Crippen LogP contribution in [0.5, 0.6) is 0 Å². The minimum Gasteiger partial charge on any atom is -0.352 e. The van der Waals surface area contributed by atoms with Crippen LogP contribution in [0.4, 0.5) is 5.69 Å². The van der Waals surface area contributed by atoms with E-state index < -0.39 is 16.1 Å². The Morgan fingerprint density at radius 2 is 1.75 bits per heavy atom. The lowest BCUT2D eigenvalue weighted by molar-refractivity contribution is -0.140. The second kappa shape index (κ2) is 13.3. The van der Waals surface area contributed by atoms with E-state index in [0.717, 1.165) is 23.8 Å². The molecule has 0 aromatic heterocycles. The van der Waals surface area contributed by atoms with Crippen molar-refractivity contribution in [2.45, 2.75) is 65.6 Å². The van der Waals surface area contributed by atoms with Gasteiger partial charge in [0.15, 0.2) is 0 Å². The largest absolute Gasteiger partial charge is 0.352 e. The van der Waals surface area contributed by atoms with Crippen molar-refractivity contribution in [3.8, 4) is 0 Å². The molecule has 1 N–H and O–H groups in total. The molecule has 7 nitrogen and oxygen atoms in total. The number of hydrogen-bond acceptors (Lipinski definition) is 4. The van der Waals surface area contributed by atoms with Gasteiger partial charge in [-0.15, -0.1) is 0 Å². The van der Waals surface area contributed by atoms with Gasteiger partial charge in [0, 0.05) is 35.6 Å². The Balaban J connectivity index is 2.22. The SMILES string of the molecule is CC[C@H](C)NC(=O)[C@H](C)N(Cc1ccccc1Cl)C(=O)CCCN(c1cc(Cl)ccc1C)S(C)(=O)=O. The third-order valence-corrected chi connectivity index (χ3v) is 7.84. The molecule has 36 heavy (non-hydrogen) atoms. The third kappa shape index (κ3) is 8.39. The highest BCUT2D eigenvalue weighted by molar-refractivity contribution is 7.92. The second-order valence-corrected chi connectivity index (χ2v) is 11.7. The van der Waals surface area contributed by atoms with E-state index in [9.17, 15) is 18.0 Å². The van der Waals surface area contributed by atoms with Crippen molar-refractivity contribution in [2.24, 2.45) is 0 Å². The highest BCUT2D eigenvalue weighted by Crippen LogP contribution is 2.27. The number of sulfonamides is 1. The van der Waals surface area contributed by atoms with Crippen molar-refractivity contribution in [1.82, 2.24) is 10.2 Å². The molecule has 0 heterocycles. The molecule has 0 radical (unpaired) electrons. The first-order valence-corrected chi connectivity index (χ1v) is 14.5. The Morgan fingerprint density at radius 3 is 2.36 bits per heavy atom. The summed E-state index contributed by atoms with van der Waals surface area (Å²) in [6, 6.07) is 11.5. The second-order valence-electron chi connectivity index (χ2n) is 8.98. The van der Waals surface area contributed by atoms with E-state index in [1.54, 1.807) is 44.2 Å². The Hall–Kier alpha value is -2.29. The van der Waals surface area contributed by atoms with Crippen LogP contribution in [0.2, 0.25) is 10.0 Å². The first kappa shape index (κ1) is 29.9. The maximum absolute atomic E-state index is 13.4. The van der Waals surface area contributed by atoms with Crippen molar-refractivity contribution < 1.29 is 18.0 Å². The summed E-state index contributed by atoms with van der Waals surface area (Å²) < 4.78 is 26.3. The van der Waals surface area contributed by atoms with E-state index >= 15 is 0 Å². The molecule has 2 rings (SSSR count). The Bertz CT molecular complexity index is 1170. The normalized spacial score (nSPS) is 13.1. The zero-order chi connectivity index (χ0) is 27.0. The van der Waals surface area contributed by atoms with Crippen LogP contribution in [0.15, 0.2) is 42.5 Å². The van der Waals surface area contributed by atoms with Gasteiger partial charge in [0.05, 0.1) is 11.9 Å².